The Morgan fingerprint density at radius 2 is 1.85 bits per heavy atom. The van der Waals surface area contributed by atoms with E-state index in [2.05, 4.69) is 6.92 Å². The molecule has 0 unspecified atom stereocenters. The molecule has 0 saturated heterocycles. The van der Waals surface area contributed by atoms with E-state index in [1.807, 2.05) is 30.3 Å². The maximum atomic E-state index is 14.0. The molecule has 20 heavy (non-hydrogen) atoms. The van der Waals surface area contributed by atoms with Crippen molar-refractivity contribution >= 4 is 0 Å². The van der Waals surface area contributed by atoms with Gasteiger partial charge in [-0.1, -0.05) is 37.3 Å². The highest BCUT2D eigenvalue weighted by molar-refractivity contribution is 5.41. The van der Waals surface area contributed by atoms with Crippen LogP contribution < -0.4 is 4.74 Å². The molecule has 2 aromatic rings. The van der Waals surface area contributed by atoms with Crippen LogP contribution in [0.2, 0.25) is 0 Å². The molecule has 1 aliphatic carbocycles. The van der Waals surface area contributed by atoms with Crippen molar-refractivity contribution in [3.8, 4) is 5.75 Å². The van der Waals surface area contributed by atoms with Gasteiger partial charge in [-0.25, -0.2) is 8.78 Å². The lowest BCUT2D eigenvalue weighted by Gasteiger charge is -2.13. The van der Waals surface area contributed by atoms with E-state index in [0.717, 1.165) is 18.1 Å². The lowest BCUT2D eigenvalue weighted by Crippen LogP contribution is -2.02. The number of ether oxygens (including phenoxy) is 1. The minimum Gasteiger partial charge on any atom is -0.486 e. The fourth-order valence-electron chi connectivity index (χ4n) is 2.49. The predicted molar refractivity (Wildman–Crippen MR) is 73.7 cm³/mol. The third kappa shape index (κ3) is 2.67. The molecule has 2 atom stereocenters. The molecule has 3 heteroatoms. The van der Waals surface area contributed by atoms with Crippen molar-refractivity contribution in [1.29, 1.82) is 0 Å². The minimum atomic E-state index is -0.616. The first-order valence-electron chi connectivity index (χ1n) is 6.81. The summed E-state index contributed by atoms with van der Waals surface area (Å²) in [7, 11) is 0. The zero-order valence-corrected chi connectivity index (χ0v) is 11.3. The lowest BCUT2D eigenvalue weighted by atomic mass is 10.1. The maximum absolute atomic E-state index is 14.0. The molecular weight excluding hydrogens is 258 g/mol. The summed E-state index contributed by atoms with van der Waals surface area (Å²) in [6.45, 7) is 2.37. The second-order valence-electron chi connectivity index (χ2n) is 5.40. The summed E-state index contributed by atoms with van der Waals surface area (Å²) in [5.41, 5.74) is 1.62. The zero-order chi connectivity index (χ0) is 14.1. The van der Waals surface area contributed by atoms with Crippen LogP contribution in [-0.4, -0.2) is 0 Å². The molecule has 0 heterocycles. The third-order valence-corrected chi connectivity index (χ3v) is 3.77. The van der Waals surface area contributed by atoms with Crippen LogP contribution in [0.4, 0.5) is 8.78 Å². The van der Waals surface area contributed by atoms with E-state index in [1.54, 1.807) is 0 Å². The Hall–Kier alpha value is -1.90. The molecule has 0 N–H and O–H groups in total. The number of benzene rings is 2. The standard InChI is InChI=1S/C17H16F2O/c1-11-7-14(11)15-8-13(18)9-16(19)17(15)20-10-12-5-3-2-4-6-12/h2-6,8-9,11,14H,7,10H2,1H3/t11-,14-/m0/s1. The SMILES string of the molecule is C[C@H]1C[C@@H]1c1cc(F)cc(F)c1OCc1ccccc1. The third-order valence-electron chi connectivity index (χ3n) is 3.77. The Morgan fingerprint density at radius 3 is 2.50 bits per heavy atom. The summed E-state index contributed by atoms with van der Waals surface area (Å²) in [4.78, 5) is 0. The molecule has 0 aromatic heterocycles. The molecular formula is C17H16F2O. The van der Waals surface area contributed by atoms with Crippen molar-refractivity contribution in [2.75, 3.05) is 0 Å². The van der Waals surface area contributed by atoms with Crippen LogP contribution in [0, 0.1) is 17.6 Å². The van der Waals surface area contributed by atoms with Crippen LogP contribution in [0.3, 0.4) is 0 Å². The van der Waals surface area contributed by atoms with E-state index in [-0.39, 0.29) is 18.3 Å². The molecule has 1 fully saturated rings. The van der Waals surface area contributed by atoms with Gasteiger partial charge in [-0.15, -0.1) is 0 Å². The van der Waals surface area contributed by atoms with Crippen molar-refractivity contribution < 1.29 is 13.5 Å². The summed E-state index contributed by atoms with van der Waals surface area (Å²) in [6, 6.07) is 11.8. The van der Waals surface area contributed by atoms with Crippen molar-refractivity contribution in [3.63, 3.8) is 0 Å². The van der Waals surface area contributed by atoms with Gasteiger partial charge in [0.25, 0.3) is 0 Å². The molecule has 0 amide bonds. The van der Waals surface area contributed by atoms with Gasteiger partial charge in [-0.05, 0) is 29.9 Å². The van der Waals surface area contributed by atoms with Crippen LogP contribution in [0.5, 0.6) is 5.75 Å². The molecule has 0 bridgehead atoms. The van der Waals surface area contributed by atoms with E-state index in [0.29, 0.717) is 11.5 Å². The molecule has 0 aliphatic heterocycles. The van der Waals surface area contributed by atoms with Crippen molar-refractivity contribution in [1.82, 2.24) is 0 Å². The molecule has 1 nitrogen and oxygen atoms in total. The van der Waals surface area contributed by atoms with Crippen LogP contribution in [0.1, 0.15) is 30.4 Å². The Labute approximate surface area is 117 Å². The quantitative estimate of drug-likeness (QED) is 0.787. The Bertz CT molecular complexity index is 610. The summed E-state index contributed by atoms with van der Waals surface area (Å²) >= 11 is 0. The monoisotopic (exact) mass is 274 g/mol. The van der Waals surface area contributed by atoms with Gasteiger partial charge in [0.2, 0.25) is 0 Å². The first kappa shape index (κ1) is 13.1. The van der Waals surface area contributed by atoms with E-state index in [4.69, 9.17) is 4.74 Å². The minimum absolute atomic E-state index is 0.199. The van der Waals surface area contributed by atoms with Gasteiger partial charge in [0.05, 0.1) is 0 Å². The first-order chi connectivity index (χ1) is 9.65. The fraction of sp³-hybridized carbons (Fsp3) is 0.294. The van der Waals surface area contributed by atoms with Gasteiger partial charge < -0.3 is 4.74 Å². The van der Waals surface area contributed by atoms with Gasteiger partial charge in [-0.2, -0.15) is 0 Å². The Morgan fingerprint density at radius 1 is 1.15 bits per heavy atom. The maximum Gasteiger partial charge on any atom is 0.168 e. The summed E-state index contributed by atoms with van der Waals surface area (Å²) in [6.07, 6.45) is 0.963. The summed E-state index contributed by atoms with van der Waals surface area (Å²) in [5.74, 6) is -0.274. The van der Waals surface area contributed by atoms with Gasteiger partial charge >= 0.3 is 0 Å². The summed E-state index contributed by atoms with van der Waals surface area (Å²) < 4.78 is 33.0. The smallest absolute Gasteiger partial charge is 0.168 e. The van der Waals surface area contributed by atoms with Crippen LogP contribution in [0.15, 0.2) is 42.5 Å². The molecule has 0 radical (unpaired) electrons. The predicted octanol–water partition coefficient (Wildman–Crippen LogP) is 4.67. The second kappa shape index (κ2) is 5.23. The van der Waals surface area contributed by atoms with Crippen LogP contribution in [0.25, 0.3) is 0 Å². The zero-order valence-electron chi connectivity index (χ0n) is 11.3. The highest BCUT2D eigenvalue weighted by Gasteiger charge is 2.37. The number of rotatable bonds is 4. The number of hydrogen-bond acceptors (Lipinski definition) is 1. The lowest BCUT2D eigenvalue weighted by molar-refractivity contribution is 0.285. The largest absolute Gasteiger partial charge is 0.486 e. The molecule has 2 aromatic carbocycles. The van der Waals surface area contributed by atoms with E-state index < -0.39 is 11.6 Å². The second-order valence-corrected chi connectivity index (χ2v) is 5.40. The first-order valence-corrected chi connectivity index (χ1v) is 6.81. The van der Waals surface area contributed by atoms with Crippen molar-refractivity contribution in [3.05, 3.63) is 65.2 Å². The van der Waals surface area contributed by atoms with Crippen molar-refractivity contribution in [2.45, 2.75) is 25.9 Å². The average Bonchev–Trinajstić information content (AvgIpc) is 3.15. The molecule has 3 rings (SSSR count). The molecule has 104 valence electrons. The molecule has 1 saturated carbocycles. The Kier molecular flexibility index (Phi) is 3.43. The van der Waals surface area contributed by atoms with Gasteiger partial charge in [0, 0.05) is 11.6 Å². The normalized spacial score (nSPS) is 20.8. The van der Waals surface area contributed by atoms with Crippen LogP contribution >= 0.6 is 0 Å². The number of hydrogen-bond donors (Lipinski definition) is 0. The highest BCUT2D eigenvalue weighted by Crippen LogP contribution is 2.50. The van der Waals surface area contributed by atoms with Crippen molar-refractivity contribution in [2.24, 2.45) is 5.92 Å². The van der Waals surface area contributed by atoms with Crippen LogP contribution in [-0.2, 0) is 6.61 Å². The van der Waals surface area contributed by atoms with E-state index in [9.17, 15) is 8.78 Å². The van der Waals surface area contributed by atoms with E-state index >= 15 is 0 Å². The highest BCUT2D eigenvalue weighted by atomic mass is 19.1. The van der Waals surface area contributed by atoms with Gasteiger partial charge in [0.1, 0.15) is 12.4 Å². The fourth-order valence-corrected chi connectivity index (χ4v) is 2.49. The van der Waals surface area contributed by atoms with Gasteiger partial charge in [0.15, 0.2) is 11.6 Å². The molecule has 1 aliphatic rings. The van der Waals surface area contributed by atoms with Gasteiger partial charge in [-0.3, -0.25) is 0 Å². The summed E-state index contributed by atoms with van der Waals surface area (Å²) in [5, 5.41) is 0. The molecule has 0 spiro atoms. The van der Waals surface area contributed by atoms with E-state index in [1.165, 1.54) is 6.07 Å². The topological polar surface area (TPSA) is 9.23 Å². The Balaban J connectivity index is 1.85. The average molecular weight is 274 g/mol. The number of halogens is 2.